The average Bonchev–Trinajstić information content (AvgIpc) is 2.85. The number of halogens is 2. The molecular weight excluding hydrogens is 279 g/mol. The van der Waals surface area contributed by atoms with Crippen molar-refractivity contribution in [3.05, 3.63) is 34.6 Å². The summed E-state index contributed by atoms with van der Waals surface area (Å²) < 4.78 is 13.8. The van der Waals surface area contributed by atoms with Crippen molar-refractivity contribution < 1.29 is 9.18 Å². The first-order valence-electron chi connectivity index (χ1n) is 7.05. The number of likely N-dealkylation sites (tertiary alicyclic amines) is 1. The summed E-state index contributed by atoms with van der Waals surface area (Å²) in [6.45, 7) is 3.46. The zero-order chi connectivity index (χ0) is 14.2. The van der Waals surface area contributed by atoms with Gasteiger partial charge in [0.1, 0.15) is 5.82 Å². The Morgan fingerprint density at radius 3 is 2.80 bits per heavy atom. The Labute approximate surface area is 123 Å². The fourth-order valence-electron chi connectivity index (χ4n) is 3.31. The number of benzene rings is 1. The van der Waals surface area contributed by atoms with Gasteiger partial charge in [0.05, 0.1) is 5.56 Å². The molecule has 1 amide bonds. The lowest BCUT2D eigenvalue weighted by atomic mass is 9.78. The highest BCUT2D eigenvalue weighted by molar-refractivity contribution is 6.31. The second-order valence-corrected chi connectivity index (χ2v) is 6.29. The summed E-state index contributed by atoms with van der Waals surface area (Å²) in [5.41, 5.74) is 0.319. The third-order valence-electron chi connectivity index (χ3n) is 4.55. The summed E-state index contributed by atoms with van der Waals surface area (Å²) in [5, 5.41) is 3.74. The summed E-state index contributed by atoms with van der Waals surface area (Å²) in [6, 6.07) is 4.14. The topological polar surface area (TPSA) is 32.3 Å². The second kappa shape index (κ2) is 5.34. The molecule has 5 heteroatoms. The first-order chi connectivity index (χ1) is 9.60. The number of nitrogens with zero attached hydrogens (tertiary/aromatic N) is 1. The van der Waals surface area contributed by atoms with Gasteiger partial charge in [-0.3, -0.25) is 4.79 Å². The zero-order valence-electron chi connectivity index (χ0n) is 11.3. The molecule has 0 unspecified atom stereocenters. The number of nitrogens with one attached hydrogen (secondary N) is 1. The van der Waals surface area contributed by atoms with Crippen molar-refractivity contribution >= 4 is 17.5 Å². The van der Waals surface area contributed by atoms with Crippen LogP contribution in [-0.4, -0.2) is 37.0 Å². The van der Waals surface area contributed by atoms with Gasteiger partial charge in [-0.05, 0) is 56.0 Å². The first kappa shape index (κ1) is 13.8. The van der Waals surface area contributed by atoms with Crippen LogP contribution in [0.25, 0.3) is 0 Å². The summed E-state index contributed by atoms with van der Waals surface area (Å²) in [5.74, 6) is -0.730. The molecular formula is C15H18ClFN2O. The van der Waals surface area contributed by atoms with Crippen molar-refractivity contribution in [2.24, 2.45) is 5.41 Å². The minimum atomic E-state index is -0.495. The molecule has 0 aliphatic carbocycles. The predicted molar refractivity (Wildman–Crippen MR) is 76.5 cm³/mol. The van der Waals surface area contributed by atoms with Crippen molar-refractivity contribution in [1.82, 2.24) is 10.2 Å². The number of carbonyl (C=O) groups is 1. The van der Waals surface area contributed by atoms with E-state index in [4.69, 9.17) is 11.6 Å². The van der Waals surface area contributed by atoms with E-state index in [2.05, 4.69) is 5.32 Å². The molecule has 2 saturated heterocycles. The van der Waals surface area contributed by atoms with E-state index < -0.39 is 5.82 Å². The lowest BCUT2D eigenvalue weighted by molar-refractivity contribution is 0.0757. The highest BCUT2D eigenvalue weighted by Crippen LogP contribution is 2.39. The molecule has 3 rings (SSSR count). The molecule has 2 aliphatic heterocycles. The van der Waals surface area contributed by atoms with Gasteiger partial charge >= 0.3 is 0 Å². The van der Waals surface area contributed by atoms with Crippen LogP contribution in [0, 0.1) is 11.2 Å². The maximum atomic E-state index is 13.8. The Hall–Kier alpha value is -1.13. The van der Waals surface area contributed by atoms with Crippen LogP contribution in [-0.2, 0) is 0 Å². The smallest absolute Gasteiger partial charge is 0.256 e. The predicted octanol–water partition coefficient (Wildman–Crippen LogP) is 2.69. The third kappa shape index (κ3) is 2.54. The number of rotatable bonds is 1. The fraction of sp³-hybridized carbons (Fsp3) is 0.533. The van der Waals surface area contributed by atoms with E-state index in [0.29, 0.717) is 11.6 Å². The van der Waals surface area contributed by atoms with Gasteiger partial charge in [-0.1, -0.05) is 11.6 Å². The molecule has 0 saturated carbocycles. The number of carbonyl (C=O) groups excluding carboxylic acids is 1. The third-order valence-corrected chi connectivity index (χ3v) is 4.78. The normalized spacial score (nSPS) is 21.4. The van der Waals surface area contributed by atoms with Crippen LogP contribution < -0.4 is 5.32 Å². The van der Waals surface area contributed by atoms with E-state index in [1.54, 1.807) is 4.90 Å². The molecule has 0 aromatic heterocycles. The number of hydrogen-bond donors (Lipinski definition) is 1. The Kier molecular flexibility index (Phi) is 3.69. The Morgan fingerprint density at radius 2 is 2.05 bits per heavy atom. The molecule has 1 N–H and O–H groups in total. The van der Waals surface area contributed by atoms with Crippen molar-refractivity contribution in [3.63, 3.8) is 0 Å². The maximum Gasteiger partial charge on any atom is 0.256 e. The second-order valence-electron chi connectivity index (χ2n) is 5.85. The average molecular weight is 297 g/mol. The lowest BCUT2D eigenvalue weighted by Gasteiger charge is -2.33. The molecule has 108 valence electrons. The van der Waals surface area contributed by atoms with Gasteiger partial charge in [-0.15, -0.1) is 0 Å². The molecule has 1 aromatic carbocycles. The van der Waals surface area contributed by atoms with Crippen LogP contribution in [0.2, 0.25) is 5.02 Å². The van der Waals surface area contributed by atoms with Crippen LogP contribution >= 0.6 is 11.6 Å². The Bertz CT molecular complexity index is 529. The largest absolute Gasteiger partial charge is 0.338 e. The molecule has 2 aliphatic rings. The highest BCUT2D eigenvalue weighted by Gasteiger charge is 2.40. The van der Waals surface area contributed by atoms with E-state index in [1.165, 1.54) is 18.2 Å². The Morgan fingerprint density at radius 1 is 1.30 bits per heavy atom. The molecule has 0 bridgehead atoms. The van der Waals surface area contributed by atoms with Crippen molar-refractivity contribution in [1.29, 1.82) is 0 Å². The molecule has 3 nitrogen and oxygen atoms in total. The monoisotopic (exact) mass is 296 g/mol. The van der Waals surface area contributed by atoms with E-state index in [0.717, 1.165) is 38.9 Å². The fourth-order valence-corrected chi connectivity index (χ4v) is 3.48. The number of piperidine rings is 1. The van der Waals surface area contributed by atoms with E-state index in [1.807, 2.05) is 0 Å². The first-order valence-corrected chi connectivity index (χ1v) is 7.43. The quantitative estimate of drug-likeness (QED) is 0.864. The lowest BCUT2D eigenvalue weighted by Crippen LogP contribution is -2.39. The van der Waals surface area contributed by atoms with Crippen molar-refractivity contribution in [2.75, 3.05) is 26.2 Å². The van der Waals surface area contributed by atoms with Crippen LogP contribution in [0.1, 0.15) is 29.6 Å². The van der Waals surface area contributed by atoms with Gasteiger partial charge in [0, 0.05) is 18.1 Å². The molecule has 1 spiro atoms. The minimum Gasteiger partial charge on any atom is -0.338 e. The van der Waals surface area contributed by atoms with E-state index in [9.17, 15) is 9.18 Å². The minimum absolute atomic E-state index is 0.0866. The summed E-state index contributed by atoms with van der Waals surface area (Å²) in [7, 11) is 0. The van der Waals surface area contributed by atoms with Crippen molar-refractivity contribution in [2.45, 2.75) is 19.3 Å². The molecule has 0 radical (unpaired) electrons. The molecule has 20 heavy (non-hydrogen) atoms. The molecule has 2 heterocycles. The van der Waals surface area contributed by atoms with Gasteiger partial charge in [0.25, 0.3) is 5.91 Å². The van der Waals surface area contributed by atoms with Crippen LogP contribution in [0.15, 0.2) is 18.2 Å². The summed E-state index contributed by atoms with van der Waals surface area (Å²) in [4.78, 5) is 14.2. The van der Waals surface area contributed by atoms with Gasteiger partial charge < -0.3 is 10.2 Å². The van der Waals surface area contributed by atoms with Crippen LogP contribution in [0.3, 0.4) is 0 Å². The SMILES string of the molecule is O=C(c1cc(Cl)ccc1F)N1CCC2(CCNCC2)C1. The van der Waals surface area contributed by atoms with Gasteiger partial charge in [0.15, 0.2) is 0 Å². The zero-order valence-corrected chi connectivity index (χ0v) is 12.0. The van der Waals surface area contributed by atoms with Gasteiger partial charge in [0.2, 0.25) is 0 Å². The van der Waals surface area contributed by atoms with Gasteiger partial charge in [-0.25, -0.2) is 4.39 Å². The maximum absolute atomic E-state index is 13.8. The van der Waals surface area contributed by atoms with Crippen molar-refractivity contribution in [3.8, 4) is 0 Å². The molecule has 0 atom stereocenters. The van der Waals surface area contributed by atoms with Crippen LogP contribution in [0.5, 0.6) is 0 Å². The summed E-state index contributed by atoms with van der Waals surface area (Å²) >= 11 is 5.86. The van der Waals surface area contributed by atoms with E-state index >= 15 is 0 Å². The van der Waals surface area contributed by atoms with Gasteiger partial charge in [-0.2, -0.15) is 0 Å². The summed E-state index contributed by atoms with van der Waals surface area (Å²) in [6.07, 6.45) is 3.20. The Balaban J connectivity index is 1.77. The highest BCUT2D eigenvalue weighted by atomic mass is 35.5. The number of hydrogen-bond acceptors (Lipinski definition) is 2. The number of amides is 1. The molecule has 2 fully saturated rings. The van der Waals surface area contributed by atoms with Crippen LogP contribution in [0.4, 0.5) is 4.39 Å². The van der Waals surface area contributed by atoms with E-state index in [-0.39, 0.29) is 16.9 Å². The molecule has 1 aromatic rings. The standard InChI is InChI=1S/C15H18ClFN2O/c16-11-1-2-13(17)12(9-11)14(20)19-8-5-15(10-19)3-6-18-7-4-15/h1-2,9,18H,3-8,10H2.